The van der Waals surface area contributed by atoms with Gasteiger partial charge in [-0.25, -0.2) is 4.79 Å². The largest absolute Gasteiger partial charge is 0.445 e. The number of hydrogen-bond donors (Lipinski definition) is 1. The van der Waals surface area contributed by atoms with Crippen molar-refractivity contribution in [2.75, 3.05) is 6.54 Å². The summed E-state index contributed by atoms with van der Waals surface area (Å²) in [5.41, 5.74) is 1.64. The highest BCUT2D eigenvalue weighted by molar-refractivity contribution is 5.85. The van der Waals surface area contributed by atoms with Crippen molar-refractivity contribution in [3.63, 3.8) is 0 Å². The predicted octanol–water partition coefficient (Wildman–Crippen LogP) is 2.71. The van der Waals surface area contributed by atoms with Crippen LogP contribution in [0.3, 0.4) is 0 Å². The van der Waals surface area contributed by atoms with Crippen molar-refractivity contribution in [1.82, 2.24) is 24.8 Å². The molecule has 3 heterocycles. The molecule has 8 heteroatoms. The molecule has 1 fully saturated rings. The zero-order chi connectivity index (χ0) is 20.2. The summed E-state index contributed by atoms with van der Waals surface area (Å²) in [5.74, 6) is 0.585. The van der Waals surface area contributed by atoms with Crippen LogP contribution in [-0.4, -0.2) is 44.1 Å². The summed E-state index contributed by atoms with van der Waals surface area (Å²) in [6, 6.07) is 14.2. The molecule has 0 aliphatic carbocycles. The van der Waals surface area contributed by atoms with E-state index < -0.39 is 12.1 Å². The molecule has 2 amide bonds. The molecule has 3 aromatic rings. The number of rotatable bonds is 5. The summed E-state index contributed by atoms with van der Waals surface area (Å²) < 4.78 is 7.13. The van der Waals surface area contributed by atoms with Crippen molar-refractivity contribution in [1.29, 1.82) is 0 Å². The molecule has 1 aliphatic rings. The number of carbonyl (C=O) groups is 2. The van der Waals surface area contributed by atoms with E-state index >= 15 is 0 Å². The smallest absolute Gasteiger partial charge is 0.408 e. The lowest BCUT2D eigenvalue weighted by atomic mass is 10.2. The van der Waals surface area contributed by atoms with Crippen LogP contribution in [0.1, 0.15) is 37.2 Å². The molecule has 2 unspecified atom stereocenters. The lowest BCUT2D eigenvalue weighted by molar-refractivity contribution is -0.134. The second-order valence-electron chi connectivity index (χ2n) is 7.10. The van der Waals surface area contributed by atoms with E-state index in [0.29, 0.717) is 6.54 Å². The molecule has 1 aromatic carbocycles. The van der Waals surface area contributed by atoms with Crippen LogP contribution < -0.4 is 5.32 Å². The number of likely N-dealkylation sites (tertiary alicyclic amines) is 1. The number of nitrogens with one attached hydrogen (secondary N) is 1. The first-order valence-corrected chi connectivity index (χ1v) is 9.71. The molecule has 2 atom stereocenters. The van der Waals surface area contributed by atoms with Crippen molar-refractivity contribution in [2.24, 2.45) is 0 Å². The third-order valence-corrected chi connectivity index (χ3v) is 5.09. The van der Waals surface area contributed by atoms with E-state index in [1.54, 1.807) is 11.8 Å². The van der Waals surface area contributed by atoms with E-state index in [9.17, 15) is 9.59 Å². The Balaban J connectivity index is 1.39. The Labute approximate surface area is 168 Å². The highest BCUT2D eigenvalue weighted by atomic mass is 16.5. The van der Waals surface area contributed by atoms with Gasteiger partial charge in [0.05, 0.1) is 6.04 Å². The minimum absolute atomic E-state index is 0.156. The van der Waals surface area contributed by atoms with E-state index in [1.807, 2.05) is 59.1 Å². The number of hydrogen-bond acceptors (Lipinski definition) is 5. The Morgan fingerprint density at radius 2 is 1.97 bits per heavy atom. The second kappa shape index (κ2) is 8.30. The number of benzene rings is 1. The minimum Gasteiger partial charge on any atom is -0.445 e. The monoisotopic (exact) mass is 393 g/mol. The van der Waals surface area contributed by atoms with Crippen LogP contribution in [0.5, 0.6) is 0 Å². The zero-order valence-corrected chi connectivity index (χ0v) is 16.2. The summed E-state index contributed by atoms with van der Waals surface area (Å²) >= 11 is 0. The molecule has 0 bridgehead atoms. The van der Waals surface area contributed by atoms with Crippen molar-refractivity contribution in [2.45, 2.75) is 38.5 Å². The Kier molecular flexibility index (Phi) is 5.41. The fraction of sp³-hybridized carbons (Fsp3) is 0.333. The molecular weight excluding hydrogens is 370 g/mol. The number of pyridine rings is 1. The maximum absolute atomic E-state index is 13.0. The van der Waals surface area contributed by atoms with Crippen molar-refractivity contribution >= 4 is 17.6 Å². The van der Waals surface area contributed by atoms with Crippen LogP contribution >= 0.6 is 0 Å². The van der Waals surface area contributed by atoms with Gasteiger partial charge in [0.15, 0.2) is 11.5 Å². The predicted molar refractivity (Wildman–Crippen MR) is 106 cm³/mol. The van der Waals surface area contributed by atoms with E-state index in [2.05, 4.69) is 15.5 Å². The van der Waals surface area contributed by atoms with Gasteiger partial charge < -0.3 is 15.0 Å². The first-order chi connectivity index (χ1) is 14.1. The Morgan fingerprint density at radius 3 is 2.79 bits per heavy atom. The Bertz CT molecular complexity index is 1000. The third kappa shape index (κ3) is 4.06. The first-order valence-electron chi connectivity index (χ1n) is 9.71. The second-order valence-corrected chi connectivity index (χ2v) is 7.10. The van der Waals surface area contributed by atoms with Gasteiger partial charge in [0.25, 0.3) is 0 Å². The van der Waals surface area contributed by atoms with Gasteiger partial charge in [0.2, 0.25) is 5.91 Å². The Morgan fingerprint density at radius 1 is 1.17 bits per heavy atom. The van der Waals surface area contributed by atoms with Gasteiger partial charge in [-0.2, -0.15) is 0 Å². The molecule has 8 nitrogen and oxygen atoms in total. The average Bonchev–Trinajstić information content (AvgIpc) is 3.39. The van der Waals surface area contributed by atoms with Crippen LogP contribution in [0, 0.1) is 0 Å². The average molecular weight is 393 g/mol. The summed E-state index contributed by atoms with van der Waals surface area (Å²) in [7, 11) is 0. The van der Waals surface area contributed by atoms with Crippen LogP contribution in [-0.2, 0) is 16.1 Å². The molecule has 2 aromatic heterocycles. The standard InChI is InChI=1S/C21H23N5O3/c1-15(22-21(28)29-14-16-8-3-2-4-9-16)20(27)25-13-7-10-17(25)19-24-23-18-11-5-6-12-26(18)19/h2-6,8-9,11-12,15,17H,7,10,13-14H2,1H3,(H,22,28). The van der Waals surface area contributed by atoms with Crippen molar-refractivity contribution in [3.8, 4) is 0 Å². The van der Waals surface area contributed by atoms with Gasteiger partial charge in [-0.15, -0.1) is 10.2 Å². The fourth-order valence-electron chi connectivity index (χ4n) is 3.64. The third-order valence-electron chi connectivity index (χ3n) is 5.09. The summed E-state index contributed by atoms with van der Waals surface area (Å²) in [4.78, 5) is 26.9. The minimum atomic E-state index is -0.696. The number of alkyl carbamates (subject to hydrolysis) is 1. The topological polar surface area (TPSA) is 88.8 Å². The number of ether oxygens (including phenoxy) is 1. The molecular formula is C21H23N5O3. The quantitative estimate of drug-likeness (QED) is 0.720. The van der Waals surface area contributed by atoms with Gasteiger partial charge >= 0.3 is 6.09 Å². The fourth-order valence-corrected chi connectivity index (χ4v) is 3.64. The molecule has 4 rings (SSSR count). The number of aromatic nitrogens is 3. The van der Waals surface area contributed by atoms with Gasteiger partial charge in [-0.05, 0) is 37.5 Å². The number of nitrogens with zero attached hydrogens (tertiary/aromatic N) is 4. The maximum atomic E-state index is 13.0. The maximum Gasteiger partial charge on any atom is 0.408 e. The van der Waals surface area contributed by atoms with Crippen LogP contribution in [0.2, 0.25) is 0 Å². The van der Waals surface area contributed by atoms with Crippen molar-refractivity contribution < 1.29 is 14.3 Å². The van der Waals surface area contributed by atoms with E-state index in [1.165, 1.54) is 0 Å². The van der Waals surface area contributed by atoms with Crippen molar-refractivity contribution in [3.05, 3.63) is 66.1 Å². The van der Waals surface area contributed by atoms with Crippen LogP contribution in [0.25, 0.3) is 5.65 Å². The van der Waals surface area contributed by atoms with E-state index in [0.717, 1.165) is 29.9 Å². The van der Waals surface area contributed by atoms with Crippen LogP contribution in [0.4, 0.5) is 4.79 Å². The van der Waals surface area contributed by atoms with Gasteiger partial charge in [-0.1, -0.05) is 36.4 Å². The van der Waals surface area contributed by atoms with Gasteiger partial charge in [0.1, 0.15) is 12.6 Å². The lowest BCUT2D eigenvalue weighted by Crippen LogP contribution is -2.47. The van der Waals surface area contributed by atoms with Gasteiger partial charge in [-0.3, -0.25) is 9.20 Å². The summed E-state index contributed by atoms with van der Waals surface area (Å²) in [6.07, 6.45) is 2.97. The summed E-state index contributed by atoms with van der Waals surface area (Å²) in [5, 5.41) is 11.1. The Hall–Kier alpha value is -3.42. The molecule has 0 spiro atoms. The number of amides is 2. The molecule has 150 valence electrons. The first kappa shape index (κ1) is 18.9. The zero-order valence-electron chi connectivity index (χ0n) is 16.2. The lowest BCUT2D eigenvalue weighted by Gasteiger charge is -2.26. The molecule has 0 saturated carbocycles. The van der Waals surface area contributed by atoms with E-state index in [4.69, 9.17) is 4.74 Å². The number of fused-ring (bicyclic) bond motifs is 1. The molecule has 1 saturated heterocycles. The highest BCUT2D eigenvalue weighted by Crippen LogP contribution is 2.31. The molecule has 1 aliphatic heterocycles. The normalized spacial score (nSPS) is 17.3. The summed E-state index contributed by atoms with van der Waals surface area (Å²) in [6.45, 7) is 2.45. The highest BCUT2D eigenvalue weighted by Gasteiger charge is 2.35. The molecule has 0 radical (unpaired) electrons. The SMILES string of the molecule is CC(NC(=O)OCc1ccccc1)C(=O)N1CCCC1c1nnc2ccccn12. The van der Waals surface area contributed by atoms with Crippen LogP contribution in [0.15, 0.2) is 54.7 Å². The van der Waals surface area contributed by atoms with E-state index in [-0.39, 0.29) is 18.6 Å². The van der Waals surface area contributed by atoms with Gasteiger partial charge in [0, 0.05) is 12.7 Å². The molecule has 1 N–H and O–H groups in total. The number of carbonyl (C=O) groups excluding carboxylic acids is 2. The molecule has 29 heavy (non-hydrogen) atoms.